The maximum absolute atomic E-state index is 13.0. The number of ether oxygens (including phenoxy) is 6. The van der Waals surface area contributed by atoms with Crippen LogP contribution in [0.1, 0.15) is 194 Å². The Kier molecular flexibility index (Phi) is 42.2. The minimum atomic E-state index is -1.79. The van der Waals surface area contributed by atoms with Gasteiger partial charge in [0.1, 0.15) is 55.4 Å². The van der Waals surface area contributed by atoms with Crippen molar-refractivity contribution in [2.75, 3.05) is 26.4 Å². The topological polar surface area (TPSA) is 231 Å². The monoisotopic (exact) mass is 1070 g/mol. The van der Waals surface area contributed by atoms with Crippen molar-refractivity contribution in [1.82, 2.24) is 0 Å². The van der Waals surface area contributed by atoms with E-state index in [1.165, 1.54) is 89.9 Å². The molecule has 0 spiro atoms. The van der Waals surface area contributed by atoms with Gasteiger partial charge in [0.2, 0.25) is 0 Å². The molecule has 11 atom stereocenters. The van der Waals surface area contributed by atoms with Crippen molar-refractivity contribution in [1.29, 1.82) is 0 Å². The first-order valence-electron chi connectivity index (χ1n) is 29.2. The van der Waals surface area contributed by atoms with Gasteiger partial charge in [0.05, 0.1) is 19.8 Å². The van der Waals surface area contributed by atoms with E-state index in [4.69, 9.17) is 28.4 Å². The van der Waals surface area contributed by atoms with Crippen LogP contribution in [0.25, 0.3) is 0 Å². The smallest absolute Gasteiger partial charge is 0.306 e. The van der Waals surface area contributed by atoms with Crippen LogP contribution in [-0.4, -0.2) is 142 Å². The Morgan fingerprint density at radius 3 is 1.36 bits per heavy atom. The van der Waals surface area contributed by atoms with E-state index in [1.807, 2.05) is 12.2 Å². The van der Waals surface area contributed by atoms with Crippen LogP contribution in [0.3, 0.4) is 0 Å². The Hall–Kier alpha value is -3.32. The van der Waals surface area contributed by atoms with Crippen molar-refractivity contribution in [3.63, 3.8) is 0 Å². The summed E-state index contributed by atoms with van der Waals surface area (Å²) in [4.78, 5) is 25.8. The van der Waals surface area contributed by atoms with E-state index in [-0.39, 0.29) is 19.4 Å². The van der Waals surface area contributed by atoms with E-state index in [2.05, 4.69) is 86.8 Å². The summed E-state index contributed by atoms with van der Waals surface area (Å²) in [5, 5.41) is 72.2. The van der Waals surface area contributed by atoms with E-state index >= 15 is 0 Å². The van der Waals surface area contributed by atoms with Crippen molar-refractivity contribution < 1.29 is 73.8 Å². The average molecular weight is 1080 g/mol. The largest absolute Gasteiger partial charge is 0.462 e. The number of allylic oxidation sites excluding steroid dienone is 14. The van der Waals surface area contributed by atoms with Gasteiger partial charge in [-0.25, -0.2) is 0 Å². The lowest BCUT2D eigenvalue weighted by molar-refractivity contribution is -0.332. The Labute approximate surface area is 456 Å². The van der Waals surface area contributed by atoms with Gasteiger partial charge >= 0.3 is 11.9 Å². The third-order valence-corrected chi connectivity index (χ3v) is 13.3. The molecular weight excluding hydrogens is 973 g/mol. The Bertz CT molecular complexity index is 1640. The van der Waals surface area contributed by atoms with E-state index in [0.29, 0.717) is 25.7 Å². The molecule has 2 aliphatic heterocycles. The van der Waals surface area contributed by atoms with Gasteiger partial charge in [-0.2, -0.15) is 0 Å². The number of esters is 2. The summed E-state index contributed by atoms with van der Waals surface area (Å²) in [6.07, 6.45) is 42.0. The molecule has 0 aromatic rings. The van der Waals surface area contributed by atoms with Gasteiger partial charge in [0, 0.05) is 12.8 Å². The van der Waals surface area contributed by atoms with E-state index in [0.717, 1.165) is 51.4 Å². The summed E-state index contributed by atoms with van der Waals surface area (Å²) < 4.78 is 33.5. The molecule has 2 heterocycles. The number of hydrogen-bond donors (Lipinski definition) is 7. The van der Waals surface area contributed by atoms with Crippen LogP contribution in [0.4, 0.5) is 0 Å². The highest BCUT2D eigenvalue weighted by molar-refractivity contribution is 5.70. The fourth-order valence-corrected chi connectivity index (χ4v) is 8.63. The van der Waals surface area contributed by atoms with Gasteiger partial charge < -0.3 is 64.2 Å². The van der Waals surface area contributed by atoms with Crippen LogP contribution in [0.2, 0.25) is 0 Å². The lowest BCUT2D eigenvalue weighted by Gasteiger charge is -2.42. The maximum Gasteiger partial charge on any atom is 0.306 e. The lowest BCUT2D eigenvalue weighted by Crippen LogP contribution is -2.61. The molecule has 0 amide bonds. The molecule has 7 N–H and O–H groups in total. The third-order valence-electron chi connectivity index (χ3n) is 13.3. The molecule has 0 saturated carbocycles. The number of aliphatic hydroxyl groups is 7. The van der Waals surface area contributed by atoms with Gasteiger partial charge in [0.25, 0.3) is 0 Å². The minimum absolute atomic E-state index is 0.0746. The van der Waals surface area contributed by atoms with Gasteiger partial charge in [-0.05, 0) is 83.5 Å². The molecule has 0 aromatic heterocycles. The van der Waals surface area contributed by atoms with E-state index in [1.54, 1.807) is 0 Å². The fourth-order valence-electron chi connectivity index (χ4n) is 8.63. The first-order valence-corrected chi connectivity index (χ1v) is 29.2. The van der Waals surface area contributed by atoms with Crippen LogP contribution in [0.15, 0.2) is 85.1 Å². The summed E-state index contributed by atoms with van der Waals surface area (Å²) in [5.74, 6) is -1.05. The van der Waals surface area contributed by atoms with Gasteiger partial charge in [-0.1, -0.05) is 182 Å². The summed E-state index contributed by atoms with van der Waals surface area (Å²) in [7, 11) is 0. The molecule has 0 radical (unpaired) electrons. The molecule has 0 aliphatic carbocycles. The third kappa shape index (κ3) is 33.2. The lowest BCUT2D eigenvalue weighted by atomic mass is 9.98. The molecule has 76 heavy (non-hydrogen) atoms. The predicted molar refractivity (Wildman–Crippen MR) is 298 cm³/mol. The second-order valence-corrected chi connectivity index (χ2v) is 20.1. The predicted octanol–water partition coefficient (Wildman–Crippen LogP) is 9.94. The number of carbonyl (C=O) groups is 2. The van der Waals surface area contributed by atoms with Crippen molar-refractivity contribution >= 4 is 11.9 Å². The Balaban J connectivity index is 1.78. The molecule has 2 aliphatic rings. The molecule has 2 saturated heterocycles. The Morgan fingerprint density at radius 1 is 0.434 bits per heavy atom. The van der Waals surface area contributed by atoms with Crippen LogP contribution < -0.4 is 0 Å². The molecule has 2 rings (SSSR count). The highest BCUT2D eigenvalue weighted by atomic mass is 16.7. The molecule has 436 valence electrons. The molecular formula is C61H102O15. The molecule has 2 fully saturated rings. The highest BCUT2D eigenvalue weighted by Gasteiger charge is 2.47. The molecule has 15 heteroatoms. The van der Waals surface area contributed by atoms with Crippen LogP contribution >= 0.6 is 0 Å². The number of hydrogen-bond acceptors (Lipinski definition) is 15. The number of aliphatic hydroxyl groups excluding tert-OH is 7. The summed E-state index contributed by atoms with van der Waals surface area (Å²) in [5.41, 5.74) is 0. The molecule has 4 unspecified atom stereocenters. The number of carbonyl (C=O) groups excluding carboxylic acids is 2. The second kappa shape index (κ2) is 46.6. The van der Waals surface area contributed by atoms with Crippen LogP contribution in [0.5, 0.6) is 0 Å². The quantitative estimate of drug-likeness (QED) is 0.0171. The van der Waals surface area contributed by atoms with Crippen LogP contribution in [-0.2, 0) is 38.0 Å². The van der Waals surface area contributed by atoms with Crippen molar-refractivity contribution in [2.45, 2.75) is 261 Å². The molecule has 0 aromatic carbocycles. The first kappa shape index (κ1) is 68.8. The minimum Gasteiger partial charge on any atom is -0.462 e. The first-order chi connectivity index (χ1) is 37.0. The summed E-state index contributed by atoms with van der Waals surface area (Å²) >= 11 is 0. The molecule has 0 bridgehead atoms. The zero-order valence-electron chi connectivity index (χ0n) is 46.5. The van der Waals surface area contributed by atoms with Gasteiger partial charge in [0.15, 0.2) is 18.7 Å². The van der Waals surface area contributed by atoms with Crippen molar-refractivity contribution in [2.24, 2.45) is 0 Å². The Morgan fingerprint density at radius 2 is 0.842 bits per heavy atom. The van der Waals surface area contributed by atoms with E-state index < -0.39 is 99.3 Å². The van der Waals surface area contributed by atoms with Crippen LogP contribution in [0, 0.1) is 0 Å². The number of rotatable bonds is 45. The fraction of sp³-hybridized carbons (Fsp3) is 0.738. The average Bonchev–Trinajstić information content (AvgIpc) is 3.41. The maximum atomic E-state index is 13.0. The number of unbranched alkanes of at least 4 members (excludes halogenated alkanes) is 17. The van der Waals surface area contributed by atoms with E-state index in [9.17, 15) is 45.3 Å². The van der Waals surface area contributed by atoms with Gasteiger partial charge in [-0.3, -0.25) is 9.59 Å². The zero-order chi connectivity index (χ0) is 55.3. The van der Waals surface area contributed by atoms with Gasteiger partial charge in [-0.15, -0.1) is 0 Å². The standard InChI is InChI=1S/C61H102O15/c1-3-5-7-9-11-13-15-17-19-21-22-23-24-25-26-28-29-31-33-35-37-39-41-43-52(63)71-46-49(74-53(64)44-42-40-38-36-34-32-30-27-20-18-16-14-12-10-8-6-4-2)47-72-60-59(70)57(68)55(66)51(76-60)48-73-61-58(69)56(67)54(65)50(45-62)75-61/h6,8,12,14,18,20,28-30,32,35-38,49-51,54-62,65-70H,3-5,7,9-11,13,15-17,19,21-27,31,33-34,39-48H2,1-2H3/b8-6+,14-12+,20-18+,29-28+,32-30+,37-35+,38-36+/t49-,50+,51+,54-,55-,56?,57?,58?,59?,60+,61+/m0/s1. The molecule has 15 nitrogen and oxygen atoms in total. The van der Waals surface area contributed by atoms with Crippen molar-refractivity contribution in [3.05, 3.63) is 85.1 Å². The summed E-state index contributed by atoms with van der Waals surface area (Å²) in [6, 6.07) is 0. The zero-order valence-corrected chi connectivity index (χ0v) is 46.5. The van der Waals surface area contributed by atoms with Crippen molar-refractivity contribution in [3.8, 4) is 0 Å². The normalized spacial score (nSPS) is 25.0. The summed E-state index contributed by atoms with van der Waals surface area (Å²) in [6.45, 7) is 2.39. The SMILES string of the molecule is CC/C=C/C/C=C/C/C=C/C/C=C/C/C=C/CCCC(=O)O[C@@H](COC(=O)CCC/C=C/CC/C=C/CCCCCCCCCCCCCCCC)CO[C@@H]1O[C@H](CO[C@@H]2O[C@H](CO)[C@H](O)C(O)C2O)[C@H](O)C(O)C1O. The highest BCUT2D eigenvalue weighted by Crippen LogP contribution is 2.26. The second-order valence-electron chi connectivity index (χ2n) is 20.1.